The average Bonchev–Trinajstić information content (AvgIpc) is 2.27. The van der Waals surface area contributed by atoms with E-state index in [0.717, 1.165) is 25.0 Å². The molecule has 1 heterocycles. The van der Waals surface area contributed by atoms with Crippen LogP contribution >= 0.6 is 0 Å². The molecule has 1 aromatic rings. The van der Waals surface area contributed by atoms with Gasteiger partial charge in [-0.1, -0.05) is 31.5 Å². The van der Waals surface area contributed by atoms with Crippen molar-refractivity contribution in [3.05, 3.63) is 35.1 Å². The van der Waals surface area contributed by atoms with Gasteiger partial charge in [-0.25, -0.2) is 13.2 Å². The summed E-state index contributed by atoms with van der Waals surface area (Å²) < 4.78 is 39.7. The zero-order valence-corrected chi connectivity index (χ0v) is 10.7. The molecule has 0 saturated carbocycles. The maximum atomic E-state index is 13.7. The predicted molar refractivity (Wildman–Crippen MR) is 61.1 cm³/mol. The summed E-state index contributed by atoms with van der Waals surface area (Å²) in [6, 6.07) is 4.71. The highest BCUT2D eigenvalue weighted by molar-refractivity contribution is 6.36. The van der Waals surface area contributed by atoms with E-state index in [4.69, 9.17) is 0 Å². The summed E-state index contributed by atoms with van der Waals surface area (Å²) >= 11 is 0. The van der Waals surface area contributed by atoms with Crippen molar-refractivity contribution in [2.24, 2.45) is 0 Å². The van der Waals surface area contributed by atoms with Crippen LogP contribution in [0.4, 0.5) is 13.2 Å². The molecule has 1 fully saturated rings. The van der Waals surface area contributed by atoms with Crippen molar-refractivity contribution in [1.29, 1.82) is 0 Å². The Balaban J connectivity index is 2.43. The van der Waals surface area contributed by atoms with Gasteiger partial charge in [0, 0.05) is 9.52 Å². The Morgan fingerprint density at radius 1 is 1.19 bits per heavy atom. The topological polar surface area (TPSA) is 0 Å². The summed E-state index contributed by atoms with van der Waals surface area (Å²) in [5.74, 6) is -3.41. The van der Waals surface area contributed by atoms with Crippen LogP contribution in [0.5, 0.6) is 0 Å². The molecule has 16 heavy (non-hydrogen) atoms. The number of halogens is 3. The van der Waals surface area contributed by atoms with E-state index in [1.54, 1.807) is 0 Å². The van der Waals surface area contributed by atoms with Crippen LogP contribution < -0.4 is 0 Å². The Morgan fingerprint density at radius 2 is 1.94 bits per heavy atom. The lowest BCUT2D eigenvalue weighted by atomic mass is 9.79. The SMILES string of the molecule is CC1(c2ccc(F)c(F)c2F)CCC[SiH2]C1. The van der Waals surface area contributed by atoms with Gasteiger partial charge in [0.05, 0.1) is 0 Å². The van der Waals surface area contributed by atoms with Crippen molar-refractivity contribution in [3.63, 3.8) is 0 Å². The van der Waals surface area contributed by atoms with Crippen LogP contribution in [-0.4, -0.2) is 9.52 Å². The highest BCUT2D eigenvalue weighted by atomic mass is 28.2. The normalized spacial score (nSPS) is 27.2. The molecular formula is C12H15F3Si. The Hall–Kier alpha value is -0.773. The number of rotatable bonds is 1. The highest BCUT2D eigenvalue weighted by Gasteiger charge is 2.32. The molecule has 88 valence electrons. The van der Waals surface area contributed by atoms with Gasteiger partial charge in [-0.3, -0.25) is 0 Å². The van der Waals surface area contributed by atoms with Crippen LogP contribution in [0.15, 0.2) is 12.1 Å². The second-order valence-corrected chi connectivity index (χ2v) is 6.76. The second kappa shape index (κ2) is 4.24. The van der Waals surface area contributed by atoms with Gasteiger partial charge in [-0.15, -0.1) is 0 Å². The van der Waals surface area contributed by atoms with Gasteiger partial charge in [0.25, 0.3) is 0 Å². The number of benzene rings is 1. The third-order valence-corrected chi connectivity index (χ3v) is 6.10. The monoisotopic (exact) mass is 244 g/mol. The van der Waals surface area contributed by atoms with E-state index < -0.39 is 17.5 Å². The molecule has 0 N–H and O–H groups in total. The Bertz CT molecular complexity index is 397. The van der Waals surface area contributed by atoms with Crippen LogP contribution in [0.3, 0.4) is 0 Å². The van der Waals surface area contributed by atoms with Gasteiger partial charge < -0.3 is 0 Å². The van der Waals surface area contributed by atoms with Crippen LogP contribution in [0.1, 0.15) is 25.3 Å². The van der Waals surface area contributed by atoms with Crippen molar-refractivity contribution in [2.75, 3.05) is 0 Å². The molecule has 1 aromatic carbocycles. The van der Waals surface area contributed by atoms with E-state index in [-0.39, 0.29) is 14.9 Å². The molecule has 0 radical (unpaired) electrons. The largest absolute Gasteiger partial charge is 0.204 e. The van der Waals surface area contributed by atoms with Crippen molar-refractivity contribution in [3.8, 4) is 0 Å². The molecule has 0 aliphatic carbocycles. The molecule has 0 aromatic heterocycles. The van der Waals surface area contributed by atoms with Gasteiger partial charge in [-0.2, -0.15) is 0 Å². The van der Waals surface area contributed by atoms with E-state index >= 15 is 0 Å². The van der Waals surface area contributed by atoms with Gasteiger partial charge in [0.15, 0.2) is 17.5 Å². The first kappa shape index (κ1) is 11.7. The summed E-state index contributed by atoms with van der Waals surface area (Å²) in [5.41, 5.74) is 0.0851. The van der Waals surface area contributed by atoms with Crippen molar-refractivity contribution in [2.45, 2.75) is 37.3 Å². The van der Waals surface area contributed by atoms with Crippen LogP contribution in [0.2, 0.25) is 12.1 Å². The summed E-state index contributed by atoms with van der Waals surface area (Å²) in [4.78, 5) is 0. The predicted octanol–water partition coefficient (Wildman–Crippen LogP) is 3.16. The molecule has 0 bridgehead atoms. The van der Waals surface area contributed by atoms with Crippen LogP contribution in [0, 0.1) is 17.5 Å². The Kier molecular flexibility index (Phi) is 3.10. The fraction of sp³-hybridized carbons (Fsp3) is 0.500. The van der Waals surface area contributed by atoms with E-state index in [2.05, 4.69) is 0 Å². The van der Waals surface area contributed by atoms with Crippen LogP contribution in [0.25, 0.3) is 0 Å². The molecule has 4 heteroatoms. The summed E-state index contributed by atoms with van der Waals surface area (Å²) in [7, 11) is -0.160. The molecule has 1 aliphatic heterocycles. The van der Waals surface area contributed by atoms with E-state index in [0.29, 0.717) is 5.56 Å². The van der Waals surface area contributed by atoms with Gasteiger partial charge in [0.2, 0.25) is 0 Å². The minimum absolute atomic E-state index is 0.160. The molecule has 0 nitrogen and oxygen atoms in total. The lowest BCUT2D eigenvalue weighted by molar-refractivity contribution is 0.393. The third kappa shape index (κ3) is 1.90. The second-order valence-electron chi connectivity index (χ2n) is 4.84. The standard InChI is InChI=1S/C12H15F3Si/c1-12(5-2-6-16-7-12)8-3-4-9(13)11(15)10(8)14/h3-4H,2,5-7,16H2,1H3. The minimum atomic E-state index is -1.33. The van der Waals surface area contributed by atoms with Crippen molar-refractivity contribution < 1.29 is 13.2 Å². The van der Waals surface area contributed by atoms with Crippen LogP contribution in [-0.2, 0) is 5.41 Å². The molecular weight excluding hydrogens is 229 g/mol. The first-order chi connectivity index (χ1) is 7.54. The molecule has 1 unspecified atom stereocenters. The quantitative estimate of drug-likeness (QED) is 0.526. The molecule has 0 amide bonds. The maximum absolute atomic E-state index is 13.7. The summed E-state index contributed by atoms with van der Waals surface area (Å²) in [6.07, 6.45) is 1.96. The Morgan fingerprint density at radius 3 is 2.56 bits per heavy atom. The van der Waals surface area contributed by atoms with Crippen molar-refractivity contribution >= 4 is 9.52 Å². The average molecular weight is 244 g/mol. The fourth-order valence-corrected chi connectivity index (χ4v) is 4.75. The van der Waals surface area contributed by atoms with Crippen molar-refractivity contribution in [1.82, 2.24) is 0 Å². The molecule has 0 spiro atoms. The minimum Gasteiger partial charge on any atom is -0.204 e. The van der Waals surface area contributed by atoms with Gasteiger partial charge in [0.1, 0.15) is 0 Å². The summed E-state index contributed by atoms with van der Waals surface area (Å²) in [5, 5.41) is 0. The zero-order chi connectivity index (χ0) is 11.8. The molecule has 1 saturated heterocycles. The lowest BCUT2D eigenvalue weighted by Crippen LogP contribution is -2.29. The summed E-state index contributed by atoms with van der Waals surface area (Å²) in [6.45, 7) is 1.97. The number of hydrogen-bond donors (Lipinski definition) is 0. The van der Waals surface area contributed by atoms with Gasteiger partial charge in [-0.05, 0) is 23.5 Å². The maximum Gasteiger partial charge on any atom is 0.194 e. The molecule has 2 rings (SSSR count). The number of hydrogen-bond acceptors (Lipinski definition) is 0. The van der Waals surface area contributed by atoms with E-state index in [1.165, 1.54) is 12.1 Å². The first-order valence-corrected chi connectivity index (χ1v) is 7.68. The van der Waals surface area contributed by atoms with E-state index in [1.807, 2.05) is 6.92 Å². The zero-order valence-electron chi connectivity index (χ0n) is 9.32. The molecule has 1 atom stereocenters. The molecule has 1 aliphatic rings. The fourth-order valence-electron chi connectivity index (χ4n) is 2.59. The van der Waals surface area contributed by atoms with Gasteiger partial charge >= 0.3 is 0 Å². The lowest BCUT2D eigenvalue weighted by Gasteiger charge is -2.34. The first-order valence-electron chi connectivity index (χ1n) is 5.68. The smallest absolute Gasteiger partial charge is 0.194 e. The highest BCUT2D eigenvalue weighted by Crippen LogP contribution is 2.39. The Labute approximate surface area is 95.7 Å². The third-order valence-electron chi connectivity index (χ3n) is 3.64. The van der Waals surface area contributed by atoms with E-state index in [9.17, 15) is 13.2 Å².